The van der Waals surface area contributed by atoms with E-state index >= 15 is 0 Å². The van der Waals surface area contributed by atoms with Crippen LogP contribution in [0.2, 0.25) is 0 Å². The second-order valence-electron chi connectivity index (χ2n) is 8.07. The van der Waals surface area contributed by atoms with E-state index in [4.69, 9.17) is 4.74 Å². The Morgan fingerprint density at radius 2 is 1.88 bits per heavy atom. The van der Waals surface area contributed by atoms with Crippen LogP contribution in [-0.2, 0) is 11.2 Å². The lowest BCUT2D eigenvalue weighted by Crippen LogP contribution is -2.64. The number of benzene rings is 1. The summed E-state index contributed by atoms with van der Waals surface area (Å²) in [6.07, 6.45) is 3.52. The van der Waals surface area contributed by atoms with Gasteiger partial charge in [-0.25, -0.2) is 0 Å². The van der Waals surface area contributed by atoms with E-state index in [9.17, 15) is 4.79 Å². The molecule has 5 nitrogen and oxygen atoms in total. The minimum atomic E-state index is 0.258. The van der Waals surface area contributed by atoms with Crippen LogP contribution in [-0.4, -0.2) is 80.1 Å². The van der Waals surface area contributed by atoms with Crippen molar-refractivity contribution in [3.05, 3.63) is 29.3 Å². The topological polar surface area (TPSA) is 36.0 Å². The zero-order valence-electron chi connectivity index (χ0n) is 16.8. The predicted molar refractivity (Wildman–Crippen MR) is 105 cm³/mol. The van der Waals surface area contributed by atoms with E-state index in [0.717, 1.165) is 63.3 Å². The molecule has 0 bridgehead atoms. The third kappa shape index (κ3) is 4.04. The molecule has 0 N–H and O–H groups in total. The molecule has 0 atom stereocenters. The van der Waals surface area contributed by atoms with Crippen molar-refractivity contribution in [2.45, 2.75) is 38.1 Å². The van der Waals surface area contributed by atoms with Crippen LogP contribution in [0.25, 0.3) is 0 Å². The van der Waals surface area contributed by atoms with Crippen LogP contribution < -0.4 is 4.74 Å². The largest absolute Gasteiger partial charge is 0.496 e. The van der Waals surface area contributed by atoms with Crippen LogP contribution >= 0.6 is 0 Å². The van der Waals surface area contributed by atoms with E-state index in [-0.39, 0.29) is 11.4 Å². The first-order valence-corrected chi connectivity index (χ1v) is 9.75. The van der Waals surface area contributed by atoms with E-state index < -0.39 is 0 Å². The fourth-order valence-corrected chi connectivity index (χ4v) is 4.40. The monoisotopic (exact) mass is 359 g/mol. The average molecular weight is 360 g/mol. The molecule has 5 heteroatoms. The fraction of sp³-hybridized carbons (Fsp3) is 0.667. The Hall–Kier alpha value is -1.59. The third-order valence-electron chi connectivity index (χ3n) is 6.34. The molecule has 0 unspecified atom stereocenters. The van der Waals surface area contributed by atoms with Crippen LogP contribution in [0.3, 0.4) is 0 Å². The summed E-state index contributed by atoms with van der Waals surface area (Å²) >= 11 is 0. The van der Waals surface area contributed by atoms with E-state index in [1.165, 1.54) is 5.56 Å². The maximum atomic E-state index is 12.7. The van der Waals surface area contributed by atoms with Gasteiger partial charge in [-0.15, -0.1) is 0 Å². The molecule has 2 saturated heterocycles. The number of ether oxygens (including phenoxy) is 1. The molecule has 0 saturated carbocycles. The molecular formula is C21H33N3O2. The number of carbonyl (C=O) groups is 1. The van der Waals surface area contributed by atoms with Gasteiger partial charge in [0.2, 0.25) is 5.91 Å². The first-order valence-electron chi connectivity index (χ1n) is 9.75. The van der Waals surface area contributed by atoms with Gasteiger partial charge in [0.1, 0.15) is 5.75 Å². The number of nitrogens with zero attached hydrogens (tertiary/aromatic N) is 3. The minimum absolute atomic E-state index is 0.258. The molecule has 2 aliphatic heterocycles. The van der Waals surface area contributed by atoms with Crippen LogP contribution in [0.15, 0.2) is 18.2 Å². The Kier molecular flexibility index (Phi) is 5.88. The summed E-state index contributed by atoms with van der Waals surface area (Å²) in [7, 11) is 6.15. The number of hydrogen-bond acceptors (Lipinski definition) is 4. The van der Waals surface area contributed by atoms with Crippen molar-refractivity contribution in [3.8, 4) is 5.75 Å². The number of methoxy groups -OCH3 is 1. The van der Waals surface area contributed by atoms with Gasteiger partial charge >= 0.3 is 0 Å². The molecule has 1 aromatic rings. The minimum Gasteiger partial charge on any atom is -0.496 e. The molecule has 1 spiro atoms. The fourth-order valence-electron chi connectivity index (χ4n) is 4.40. The third-order valence-corrected chi connectivity index (χ3v) is 6.34. The first kappa shape index (κ1) is 19.2. The summed E-state index contributed by atoms with van der Waals surface area (Å²) in [4.78, 5) is 19.7. The molecular weight excluding hydrogens is 326 g/mol. The van der Waals surface area contributed by atoms with E-state index in [2.05, 4.69) is 47.0 Å². The van der Waals surface area contributed by atoms with Crippen LogP contribution in [0.1, 0.15) is 30.4 Å². The Morgan fingerprint density at radius 1 is 1.15 bits per heavy atom. The highest BCUT2D eigenvalue weighted by atomic mass is 16.5. The van der Waals surface area contributed by atoms with Crippen molar-refractivity contribution >= 4 is 5.91 Å². The molecule has 3 rings (SSSR count). The van der Waals surface area contributed by atoms with Gasteiger partial charge in [-0.05, 0) is 57.5 Å². The number of piperidine rings is 1. The lowest BCUT2D eigenvalue weighted by atomic mass is 9.83. The Labute approximate surface area is 157 Å². The number of carbonyl (C=O) groups excluding carboxylic acids is 1. The molecule has 2 aliphatic rings. The molecule has 26 heavy (non-hydrogen) atoms. The summed E-state index contributed by atoms with van der Waals surface area (Å²) in [6.45, 7) is 7.19. The van der Waals surface area contributed by atoms with E-state index in [0.29, 0.717) is 6.42 Å². The Bertz CT molecular complexity index is 638. The van der Waals surface area contributed by atoms with Gasteiger partial charge in [0, 0.05) is 44.7 Å². The van der Waals surface area contributed by atoms with Crippen molar-refractivity contribution in [2.24, 2.45) is 0 Å². The summed E-state index contributed by atoms with van der Waals surface area (Å²) in [6, 6.07) is 6.22. The zero-order valence-corrected chi connectivity index (χ0v) is 16.8. The summed E-state index contributed by atoms with van der Waals surface area (Å²) < 4.78 is 5.39. The standard InChI is InChI=1S/C21H33N3O2/c1-17-5-6-18(15-19(17)26-4)7-8-20(25)24-11-9-21(10-12-24)16-22(2)13-14-23(21)3/h5-6,15H,7-14,16H2,1-4H3. The van der Waals surface area contributed by atoms with Crippen molar-refractivity contribution in [2.75, 3.05) is 53.9 Å². The second-order valence-corrected chi connectivity index (χ2v) is 8.07. The van der Waals surface area contributed by atoms with Gasteiger partial charge in [-0.1, -0.05) is 12.1 Å². The maximum Gasteiger partial charge on any atom is 0.222 e. The summed E-state index contributed by atoms with van der Waals surface area (Å²) in [5.41, 5.74) is 2.56. The number of likely N-dealkylation sites (N-methyl/N-ethyl adjacent to an activating group) is 2. The van der Waals surface area contributed by atoms with E-state index in [1.807, 2.05) is 6.92 Å². The SMILES string of the molecule is COc1cc(CCC(=O)N2CCC3(CC2)CN(C)CCN3C)ccc1C. The Morgan fingerprint density at radius 3 is 2.58 bits per heavy atom. The smallest absolute Gasteiger partial charge is 0.222 e. The number of rotatable bonds is 4. The highest BCUT2D eigenvalue weighted by Crippen LogP contribution is 2.31. The van der Waals surface area contributed by atoms with Gasteiger partial charge in [-0.2, -0.15) is 0 Å². The van der Waals surface area contributed by atoms with Crippen molar-refractivity contribution in [1.82, 2.24) is 14.7 Å². The predicted octanol–water partition coefficient (Wildman–Crippen LogP) is 2.17. The normalized spacial score (nSPS) is 21.2. The summed E-state index contributed by atoms with van der Waals surface area (Å²) in [5, 5.41) is 0. The molecule has 1 aromatic carbocycles. The van der Waals surface area contributed by atoms with Crippen LogP contribution in [0.5, 0.6) is 5.75 Å². The van der Waals surface area contributed by atoms with Gasteiger partial charge in [0.15, 0.2) is 0 Å². The molecule has 0 radical (unpaired) electrons. The second kappa shape index (κ2) is 7.97. The summed E-state index contributed by atoms with van der Waals surface area (Å²) in [5.74, 6) is 1.19. The van der Waals surface area contributed by atoms with Crippen LogP contribution in [0, 0.1) is 6.92 Å². The highest BCUT2D eigenvalue weighted by molar-refractivity contribution is 5.76. The molecule has 2 fully saturated rings. The number of amides is 1. The zero-order chi connectivity index (χ0) is 18.7. The first-order chi connectivity index (χ1) is 12.4. The number of piperazine rings is 1. The molecule has 0 aromatic heterocycles. The lowest BCUT2D eigenvalue weighted by Gasteiger charge is -2.52. The molecule has 1 amide bonds. The van der Waals surface area contributed by atoms with Gasteiger partial charge in [-0.3, -0.25) is 9.69 Å². The molecule has 144 valence electrons. The molecule has 2 heterocycles. The van der Waals surface area contributed by atoms with Gasteiger partial charge in [0.05, 0.1) is 7.11 Å². The number of hydrogen-bond donors (Lipinski definition) is 0. The average Bonchev–Trinajstić information content (AvgIpc) is 2.64. The lowest BCUT2D eigenvalue weighted by molar-refractivity contribution is -0.134. The maximum absolute atomic E-state index is 12.7. The molecule has 0 aliphatic carbocycles. The Balaban J connectivity index is 1.52. The van der Waals surface area contributed by atoms with Gasteiger partial charge in [0.25, 0.3) is 0 Å². The number of likely N-dealkylation sites (tertiary alicyclic amines) is 1. The van der Waals surface area contributed by atoms with E-state index in [1.54, 1.807) is 7.11 Å². The van der Waals surface area contributed by atoms with Crippen molar-refractivity contribution < 1.29 is 9.53 Å². The van der Waals surface area contributed by atoms with Gasteiger partial charge < -0.3 is 14.5 Å². The van der Waals surface area contributed by atoms with Crippen molar-refractivity contribution in [1.29, 1.82) is 0 Å². The van der Waals surface area contributed by atoms with Crippen molar-refractivity contribution in [3.63, 3.8) is 0 Å². The van der Waals surface area contributed by atoms with Crippen LogP contribution in [0.4, 0.5) is 0 Å². The quantitative estimate of drug-likeness (QED) is 0.826. The number of aryl methyl sites for hydroxylation is 2. The highest BCUT2D eigenvalue weighted by Gasteiger charge is 2.41.